The van der Waals surface area contributed by atoms with E-state index in [-0.39, 0.29) is 18.4 Å². The van der Waals surface area contributed by atoms with E-state index in [4.69, 9.17) is 16.3 Å². The van der Waals surface area contributed by atoms with Crippen LogP contribution >= 0.6 is 11.6 Å². The van der Waals surface area contributed by atoms with E-state index in [0.29, 0.717) is 23.9 Å². The molecule has 1 amide bonds. The van der Waals surface area contributed by atoms with Gasteiger partial charge in [-0.2, -0.15) is 0 Å². The molecule has 0 spiro atoms. The normalized spacial score (nSPS) is 22.2. The molecule has 0 bridgehead atoms. The number of β-amino-alcohol motifs (C(OH)–C–C–N with tert-alkyl or cyclic N) is 1. The third-order valence-electron chi connectivity index (χ3n) is 3.03. The van der Waals surface area contributed by atoms with Gasteiger partial charge in [0.1, 0.15) is 5.75 Å². The fourth-order valence-electron chi connectivity index (χ4n) is 1.93. The average Bonchev–Trinajstić information content (AvgIpc) is 2.80. The summed E-state index contributed by atoms with van der Waals surface area (Å²) in [6, 6.07) is 6.89. The van der Waals surface area contributed by atoms with Crippen molar-refractivity contribution in [1.82, 2.24) is 10.6 Å². The molecule has 6 heteroatoms. The van der Waals surface area contributed by atoms with Crippen LogP contribution in [0.2, 0.25) is 5.02 Å². The van der Waals surface area contributed by atoms with Crippen LogP contribution in [0.25, 0.3) is 0 Å². The molecule has 0 aliphatic carbocycles. The smallest absolute Gasteiger partial charge is 0.257 e. The van der Waals surface area contributed by atoms with Crippen molar-refractivity contribution in [3.8, 4) is 5.75 Å². The zero-order chi connectivity index (χ0) is 13.7. The van der Waals surface area contributed by atoms with E-state index in [2.05, 4.69) is 10.6 Å². The van der Waals surface area contributed by atoms with Crippen LogP contribution in [0.15, 0.2) is 24.3 Å². The monoisotopic (exact) mass is 284 g/mol. The molecular formula is C13H17ClN2O3. The molecule has 1 saturated heterocycles. The molecule has 1 heterocycles. The van der Waals surface area contributed by atoms with E-state index in [1.54, 1.807) is 24.3 Å². The van der Waals surface area contributed by atoms with Crippen molar-refractivity contribution >= 4 is 17.5 Å². The molecule has 2 unspecified atom stereocenters. The summed E-state index contributed by atoms with van der Waals surface area (Å²) in [7, 11) is 0. The number of carbonyl (C=O) groups is 1. The fourth-order valence-corrected chi connectivity index (χ4v) is 2.11. The van der Waals surface area contributed by atoms with E-state index in [9.17, 15) is 9.90 Å². The maximum absolute atomic E-state index is 11.6. The summed E-state index contributed by atoms with van der Waals surface area (Å²) < 4.78 is 5.32. The number of halogens is 1. The molecule has 1 aromatic rings. The van der Waals surface area contributed by atoms with Crippen molar-refractivity contribution in [2.45, 2.75) is 6.10 Å². The standard InChI is InChI=1S/C13H17ClN2O3/c14-10-2-1-3-11(4-10)19-8-13(18)16-6-9-5-15-7-12(9)17/h1-4,9,12,15,17H,5-8H2,(H,16,18). The van der Waals surface area contributed by atoms with Gasteiger partial charge in [-0.1, -0.05) is 17.7 Å². The van der Waals surface area contributed by atoms with Crippen LogP contribution in [0.1, 0.15) is 0 Å². The first-order valence-electron chi connectivity index (χ1n) is 6.19. The van der Waals surface area contributed by atoms with Crippen molar-refractivity contribution in [3.05, 3.63) is 29.3 Å². The Morgan fingerprint density at radius 1 is 1.53 bits per heavy atom. The number of aliphatic hydroxyl groups is 1. The van der Waals surface area contributed by atoms with E-state index in [0.717, 1.165) is 6.54 Å². The highest BCUT2D eigenvalue weighted by atomic mass is 35.5. The highest BCUT2D eigenvalue weighted by Gasteiger charge is 2.24. The van der Waals surface area contributed by atoms with Gasteiger partial charge < -0.3 is 20.5 Å². The van der Waals surface area contributed by atoms with Gasteiger partial charge in [-0.05, 0) is 18.2 Å². The highest BCUT2D eigenvalue weighted by Crippen LogP contribution is 2.16. The third kappa shape index (κ3) is 4.38. The number of rotatable bonds is 5. The van der Waals surface area contributed by atoms with Gasteiger partial charge >= 0.3 is 0 Å². The Bertz CT molecular complexity index is 442. The molecule has 0 saturated carbocycles. The van der Waals surface area contributed by atoms with Crippen molar-refractivity contribution < 1.29 is 14.6 Å². The molecule has 1 aliphatic rings. The van der Waals surface area contributed by atoms with Gasteiger partial charge in [0.25, 0.3) is 5.91 Å². The molecule has 3 N–H and O–H groups in total. The summed E-state index contributed by atoms with van der Waals surface area (Å²) in [5.74, 6) is 0.416. The molecule has 0 aromatic heterocycles. The van der Waals surface area contributed by atoms with E-state index >= 15 is 0 Å². The zero-order valence-electron chi connectivity index (χ0n) is 10.4. The molecule has 1 aromatic carbocycles. The Labute approximate surface area is 116 Å². The van der Waals surface area contributed by atoms with E-state index in [1.807, 2.05) is 0 Å². The molecule has 5 nitrogen and oxygen atoms in total. The van der Waals surface area contributed by atoms with Crippen LogP contribution < -0.4 is 15.4 Å². The number of carbonyl (C=O) groups excluding carboxylic acids is 1. The second-order valence-corrected chi connectivity index (χ2v) is 4.97. The Hall–Kier alpha value is -1.30. The number of hydrogen-bond donors (Lipinski definition) is 3. The Kier molecular flexibility index (Phi) is 5.01. The quantitative estimate of drug-likeness (QED) is 0.733. The molecule has 0 radical (unpaired) electrons. The molecule has 1 aliphatic heterocycles. The number of ether oxygens (including phenoxy) is 1. The predicted molar refractivity (Wildman–Crippen MR) is 72.3 cm³/mol. The van der Waals surface area contributed by atoms with Gasteiger partial charge in [-0.3, -0.25) is 4.79 Å². The van der Waals surface area contributed by atoms with Crippen LogP contribution in [-0.2, 0) is 4.79 Å². The lowest BCUT2D eigenvalue weighted by Gasteiger charge is -2.14. The first kappa shape index (κ1) is 14.1. The predicted octanol–water partition coefficient (Wildman–Crippen LogP) is 0.415. The minimum absolute atomic E-state index is 0.0589. The van der Waals surface area contributed by atoms with Gasteiger partial charge in [-0.25, -0.2) is 0 Å². The summed E-state index contributed by atoms with van der Waals surface area (Å²) in [5, 5.41) is 16.0. The molecule has 2 atom stereocenters. The van der Waals surface area contributed by atoms with Gasteiger partial charge in [0.05, 0.1) is 6.10 Å². The van der Waals surface area contributed by atoms with Crippen molar-refractivity contribution in [3.63, 3.8) is 0 Å². The SMILES string of the molecule is O=C(COc1cccc(Cl)c1)NCC1CNCC1O. The first-order chi connectivity index (χ1) is 9.15. The Morgan fingerprint density at radius 3 is 3.05 bits per heavy atom. The molecule has 2 rings (SSSR count). The van der Waals surface area contributed by atoms with Gasteiger partial charge in [-0.15, -0.1) is 0 Å². The second-order valence-electron chi connectivity index (χ2n) is 4.54. The zero-order valence-corrected chi connectivity index (χ0v) is 11.2. The lowest BCUT2D eigenvalue weighted by molar-refractivity contribution is -0.123. The number of hydrogen-bond acceptors (Lipinski definition) is 4. The third-order valence-corrected chi connectivity index (χ3v) is 3.27. The van der Waals surface area contributed by atoms with Crippen LogP contribution in [-0.4, -0.2) is 43.4 Å². The topological polar surface area (TPSA) is 70.6 Å². The maximum atomic E-state index is 11.6. The molecular weight excluding hydrogens is 268 g/mol. The lowest BCUT2D eigenvalue weighted by atomic mass is 10.1. The summed E-state index contributed by atoms with van der Waals surface area (Å²) >= 11 is 5.81. The number of aliphatic hydroxyl groups excluding tert-OH is 1. The number of nitrogens with one attached hydrogen (secondary N) is 2. The van der Waals surface area contributed by atoms with Crippen molar-refractivity contribution in [1.29, 1.82) is 0 Å². The maximum Gasteiger partial charge on any atom is 0.257 e. The Morgan fingerprint density at radius 2 is 2.37 bits per heavy atom. The number of benzene rings is 1. The fraction of sp³-hybridized carbons (Fsp3) is 0.462. The highest BCUT2D eigenvalue weighted by molar-refractivity contribution is 6.30. The van der Waals surface area contributed by atoms with Crippen LogP contribution in [0.4, 0.5) is 0 Å². The Balaban J connectivity index is 1.70. The first-order valence-corrected chi connectivity index (χ1v) is 6.57. The van der Waals surface area contributed by atoms with Crippen LogP contribution in [0.5, 0.6) is 5.75 Å². The molecule has 19 heavy (non-hydrogen) atoms. The summed E-state index contributed by atoms with van der Waals surface area (Å²) in [6.45, 7) is 1.69. The van der Waals surface area contributed by atoms with Gasteiger partial charge in [0, 0.05) is 30.6 Å². The van der Waals surface area contributed by atoms with Crippen LogP contribution in [0.3, 0.4) is 0 Å². The van der Waals surface area contributed by atoms with E-state index < -0.39 is 6.10 Å². The minimum atomic E-state index is -0.394. The average molecular weight is 285 g/mol. The summed E-state index contributed by atoms with van der Waals surface area (Å²) in [4.78, 5) is 11.6. The second kappa shape index (κ2) is 6.75. The molecule has 1 fully saturated rings. The van der Waals surface area contributed by atoms with Crippen molar-refractivity contribution in [2.24, 2.45) is 5.92 Å². The summed E-state index contributed by atoms with van der Waals surface area (Å²) in [6.07, 6.45) is -0.394. The summed E-state index contributed by atoms with van der Waals surface area (Å²) in [5.41, 5.74) is 0. The largest absolute Gasteiger partial charge is 0.484 e. The van der Waals surface area contributed by atoms with E-state index in [1.165, 1.54) is 0 Å². The minimum Gasteiger partial charge on any atom is -0.484 e. The molecule has 104 valence electrons. The van der Waals surface area contributed by atoms with Gasteiger partial charge in [0.2, 0.25) is 0 Å². The number of amides is 1. The van der Waals surface area contributed by atoms with Gasteiger partial charge in [0.15, 0.2) is 6.61 Å². The van der Waals surface area contributed by atoms with Crippen molar-refractivity contribution in [2.75, 3.05) is 26.2 Å². The lowest BCUT2D eigenvalue weighted by Crippen LogP contribution is -2.36. The van der Waals surface area contributed by atoms with Crippen LogP contribution in [0, 0.1) is 5.92 Å².